The van der Waals surface area contributed by atoms with Gasteiger partial charge in [-0.05, 0) is 44.4 Å². The Balaban J connectivity index is 2.41. The number of likely N-dealkylation sites (tertiary alicyclic amines) is 1. The summed E-state index contributed by atoms with van der Waals surface area (Å²) in [5.74, 6) is -4.47. The summed E-state index contributed by atoms with van der Waals surface area (Å²) >= 11 is 0. The molecule has 53 heavy (non-hydrogen) atoms. The number of likely N-dealkylation sites (N-methyl/N-ethyl adjacent to an activating group) is 2. The van der Waals surface area contributed by atoms with Gasteiger partial charge >= 0.3 is 5.97 Å². The molecule has 300 valence electrons. The van der Waals surface area contributed by atoms with Crippen LogP contribution in [0.1, 0.15) is 108 Å². The lowest BCUT2D eigenvalue weighted by molar-refractivity contribution is -0.157. The smallest absolute Gasteiger partial charge is 0.302 e. The Hall–Kier alpha value is -3.81. The summed E-state index contributed by atoms with van der Waals surface area (Å²) < 4.78 is 5.41. The van der Waals surface area contributed by atoms with Gasteiger partial charge in [0, 0.05) is 46.0 Å². The lowest BCUT2D eigenvalue weighted by Gasteiger charge is -2.38. The monoisotopic (exact) mass is 747 g/mol. The fourth-order valence-electron chi connectivity index (χ4n) is 7.50. The molecule has 0 spiro atoms. The highest BCUT2D eigenvalue weighted by Crippen LogP contribution is 2.27. The Bertz CT molecular complexity index is 1370. The molecule has 2 aliphatic rings. The average Bonchev–Trinajstić information content (AvgIpc) is 3.63. The minimum Gasteiger partial charge on any atom is -0.460 e. The molecular formula is C39H65N5O9. The van der Waals surface area contributed by atoms with Crippen LogP contribution in [0.4, 0.5) is 0 Å². The number of hydrogen-bond donors (Lipinski definition) is 2. The van der Waals surface area contributed by atoms with E-state index in [-0.39, 0.29) is 30.7 Å². The van der Waals surface area contributed by atoms with Gasteiger partial charge in [-0.3, -0.25) is 38.5 Å². The third-order valence-electron chi connectivity index (χ3n) is 10.3. The molecule has 0 saturated carbocycles. The van der Waals surface area contributed by atoms with E-state index in [4.69, 9.17) is 4.74 Å². The van der Waals surface area contributed by atoms with Crippen molar-refractivity contribution in [3.05, 3.63) is 12.2 Å². The summed E-state index contributed by atoms with van der Waals surface area (Å²) in [6, 6.07) is -5.19. The molecule has 2 unspecified atom stereocenters. The van der Waals surface area contributed by atoms with E-state index in [2.05, 4.69) is 19.2 Å². The summed E-state index contributed by atoms with van der Waals surface area (Å²) in [5.41, 5.74) is 0. The van der Waals surface area contributed by atoms with Crippen molar-refractivity contribution in [2.24, 2.45) is 23.7 Å². The lowest BCUT2D eigenvalue weighted by atomic mass is 9.91. The van der Waals surface area contributed by atoms with Gasteiger partial charge in [0.15, 0.2) is 0 Å². The zero-order valence-electron chi connectivity index (χ0n) is 34.0. The highest BCUT2D eigenvalue weighted by Gasteiger charge is 2.48. The Morgan fingerprint density at radius 2 is 1.60 bits per heavy atom. The van der Waals surface area contributed by atoms with Crippen LogP contribution in [0.5, 0.6) is 0 Å². The van der Waals surface area contributed by atoms with Crippen molar-refractivity contribution in [3.8, 4) is 0 Å². The molecule has 0 aromatic rings. The average molecular weight is 748 g/mol. The van der Waals surface area contributed by atoms with E-state index >= 15 is 0 Å². The SMILES string of the molecule is CCCC[C@@H](C)C[C@@H](C)C(=O)N(C)[C@@H](CC(C)C)C(=O)NC(C(=O)N(C)[C@H](C(=O)N1C[C@@H](O)C[C@H]1C(=O)N1C(=O)C=C[C@@H]1C)C(C)C)C(C)OC(C)=O. The molecule has 14 nitrogen and oxygen atoms in total. The summed E-state index contributed by atoms with van der Waals surface area (Å²) in [4.78, 5) is 99.5. The van der Waals surface area contributed by atoms with Crippen molar-refractivity contribution in [1.29, 1.82) is 0 Å². The number of ether oxygens (including phenoxy) is 1. The Morgan fingerprint density at radius 1 is 0.981 bits per heavy atom. The number of β-amino-alcohol motifs (C(OH)–C–C–N with tert-alkyl or cyclic N) is 1. The molecule has 0 bridgehead atoms. The van der Waals surface area contributed by atoms with Crippen LogP contribution < -0.4 is 5.32 Å². The van der Waals surface area contributed by atoms with E-state index in [0.717, 1.165) is 24.2 Å². The van der Waals surface area contributed by atoms with E-state index in [1.807, 2.05) is 20.8 Å². The van der Waals surface area contributed by atoms with Crippen LogP contribution in [0, 0.1) is 23.7 Å². The van der Waals surface area contributed by atoms with E-state index in [1.165, 1.54) is 41.7 Å². The number of nitrogens with one attached hydrogen (secondary N) is 1. The minimum atomic E-state index is -1.44. The Kier molecular flexibility index (Phi) is 17.1. The molecule has 2 rings (SSSR count). The minimum absolute atomic E-state index is 0.00605. The molecule has 0 radical (unpaired) electrons. The molecule has 6 amide bonds. The number of nitrogens with zero attached hydrogens (tertiary/aromatic N) is 4. The number of hydrogen-bond acceptors (Lipinski definition) is 9. The van der Waals surface area contributed by atoms with Gasteiger partial charge in [0.2, 0.25) is 23.6 Å². The van der Waals surface area contributed by atoms with Crippen LogP contribution in [0.25, 0.3) is 0 Å². The summed E-state index contributed by atoms with van der Waals surface area (Å²) in [6.45, 7) is 17.5. The molecule has 0 aromatic heterocycles. The van der Waals surface area contributed by atoms with Gasteiger partial charge in [0.25, 0.3) is 11.8 Å². The van der Waals surface area contributed by atoms with E-state index < -0.39 is 83.8 Å². The summed E-state index contributed by atoms with van der Waals surface area (Å²) in [7, 11) is 2.98. The van der Waals surface area contributed by atoms with Gasteiger partial charge in [0.1, 0.15) is 30.3 Å². The first kappa shape index (κ1) is 45.3. The summed E-state index contributed by atoms with van der Waals surface area (Å²) in [6.07, 6.45) is 4.71. The van der Waals surface area contributed by atoms with Crippen LogP contribution in [0.3, 0.4) is 0 Å². The number of aliphatic hydroxyl groups excluding tert-OH is 1. The standard InChI is InChI=1S/C39H65N5O9/c1-13-14-15-24(6)19-25(7)36(49)41(11)30(18-22(2)3)35(48)40-33(27(9)53-28(10)45)38(51)42(12)34(23(4)5)39(52)43-21-29(46)20-31(43)37(50)44-26(8)16-17-32(44)47/h16-17,22-27,29-31,33-34,46H,13-15,18-21H2,1-12H3,(H,40,48)/t24-,25-,26+,27?,29+,30+,31+,33?,34+/m1/s1. The van der Waals surface area contributed by atoms with E-state index in [9.17, 15) is 38.7 Å². The maximum absolute atomic E-state index is 14.4. The van der Waals surface area contributed by atoms with E-state index in [1.54, 1.807) is 33.9 Å². The number of aliphatic hydroxyl groups is 1. The van der Waals surface area contributed by atoms with Crippen molar-refractivity contribution in [2.75, 3.05) is 20.6 Å². The normalized spacial score (nSPS) is 21.9. The van der Waals surface area contributed by atoms with E-state index in [0.29, 0.717) is 18.8 Å². The van der Waals surface area contributed by atoms with Crippen LogP contribution >= 0.6 is 0 Å². The second kappa shape index (κ2) is 20.0. The number of carbonyl (C=O) groups is 7. The molecule has 2 N–H and O–H groups in total. The fourth-order valence-corrected chi connectivity index (χ4v) is 7.50. The van der Waals surface area contributed by atoms with Crippen molar-refractivity contribution < 1.29 is 43.4 Å². The molecule has 2 heterocycles. The van der Waals surface area contributed by atoms with Gasteiger partial charge in [-0.2, -0.15) is 0 Å². The molecule has 1 saturated heterocycles. The zero-order valence-corrected chi connectivity index (χ0v) is 34.0. The first-order valence-electron chi connectivity index (χ1n) is 19.2. The van der Waals surface area contributed by atoms with Crippen LogP contribution in [0.15, 0.2) is 12.2 Å². The second-order valence-corrected chi connectivity index (χ2v) is 16.0. The molecule has 9 atom stereocenters. The fraction of sp³-hybridized carbons (Fsp3) is 0.769. The summed E-state index contributed by atoms with van der Waals surface area (Å²) in [5, 5.41) is 13.4. The third kappa shape index (κ3) is 11.8. The van der Waals surface area contributed by atoms with Crippen LogP contribution in [-0.2, 0) is 38.3 Å². The highest BCUT2D eigenvalue weighted by molar-refractivity contribution is 6.06. The molecular weight excluding hydrogens is 682 g/mol. The lowest BCUT2D eigenvalue weighted by Crippen LogP contribution is -2.62. The number of imide groups is 1. The Morgan fingerprint density at radius 3 is 2.11 bits per heavy atom. The van der Waals surface area contributed by atoms with Crippen molar-refractivity contribution in [3.63, 3.8) is 0 Å². The van der Waals surface area contributed by atoms with Crippen LogP contribution in [0.2, 0.25) is 0 Å². The molecule has 2 aliphatic heterocycles. The van der Waals surface area contributed by atoms with Gasteiger partial charge < -0.3 is 29.9 Å². The van der Waals surface area contributed by atoms with Crippen molar-refractivity contribution >= 4 is 41.4 Å². The quantitative estimate of drug-likeness (QED) is 0.158. The number of rotatable bonds is 18. The first-order chi connectivity index (χ1) is 24.6. The maximum Gasteiger partial charge on any atom is 0.302 e. The molecule has 1 fully saturated rings. The number of unbranched alkanes of at least 4 members (excludes halogenated alkanes) is 1. The second-order valence-electron chi connectivity index (χ2n) is 16.0. The number of carbonyl (C=O) groups excluding carboxylic acids is 7. The zero-order chi connectivity index (χ0) is 40.5. The van der Waals surface area contributed by atoms with Crippen molar-refractivity contribution in [1.82, 2.24) is 24.9 Å². The predicted octanol–water partition coefficient (Wildman–Crippen LogP) is 2.91. The largest absolute Gasteiger partial charge is 0.460 e. The van der Waals surface area contributed by atoms with Crippen LogP contribution in [-0.4, -0.2) is 129 Å². The number of esters is 1. The van der Waals surface area contributed by atoms with Gasteiger partial charge in [-0.25, -0.2) is 0 Å². The molecule has 0 aliphatic carbocycles. The predicted molar refractivity (Wildman–Crippen MR) is 200 cm³/mol. The van der Waals surface area contributed by atoms with Crippen molar-refractivity contribution in [2.45, 2.75) is 150 Å². The van der Waals surface area contributed by atoms with Gasteiger partial charge in [-0.1, -0.05) is 73.8 Å². The van der Waals surface area contributed by atoms with Gasteiger partial charge in [0.05, 0.1) is 12.1 Å². The number of amides is 6. The first-order valence-corrected chi connectivity index (χ1v) is 19.2. The highest BCUT2D eigenvalue weighted by atomic mass is 16.5. The molecule has 0 aromatic carbocycles. The third-order valence-corrected chi connectivity index (χ3v) is 10.3. The molecule has 14 heteroatoms. The Labute approximate surface area is 316 Å². The topological polar surface area (TPSA) is 174 Å². The maximum atomic E-state index is 14.4. The van der Waals surface area contributed by atoms with Gasteiger partial charge in [-0.15, -0.1) is 0 Å².